The predicted molar refractivity (Wildman–Crippen MR) is 41.6 cm³/mol. The van der Waals surface area contributed by atoms with Gasteiger partial charge in [-0.2, -0.15) is 0 Å². The first-order chi connectivity index (χ1) is 4.63. The topological polar surface area (TPSA) is 12.5 Å². The lowest BCUT2D eigenvalue weighted by atomic mass is 10.2. The van der Waals surface area contributed by atoms with Gasteiger partial charge in [0.1, 0.15) is 12.4 Å². The fourth-order valence-corrected chi connectivity index (χ4v) is 1.04. The molecule has 10 heavy (non-hydrogen) atoms. The van der Waals surface area contributed by atoms with E-state index in [0.29, 0.717) is 6.04 Å². The van der Waals surface area contributed by atoms with Crippen molar-refractivity contribution >= 4 is 0 Å². The van der Waals surface area contributed by atoms with Crippen LogP contribution in [0.5, 0.6) is 0 Å². The molecule has 0 amide bonds. The van der Waals surface area contributed by atoms with E-state index >= 15 is 0 Å². The largest absolute Gasteiger partial charge is 0.494 e. The number of hydrogen-bond acceptors (Lipinski definition) is 2. The van der Waals surface area contributed by atoms with Crippen LogP contribution >= 0.6 is 0 Å². The van der Waals surface area contributed by atoms with Gasteiger partial charge in [0, 0.05) is 12.7 Å². The van der Waals surface area contributed by atoms with Gasteiger partial charge >= 0.3 is 0 Å². The minimum Gasteiger partial charge on any atom is -0.494 e. The van der Waals surface area contributed by atoms with Crippen molar-refractivity contribution in [3.05, 3.63) is 11.5 Å². The van der Waals surface area contributed by atoms with Crippen LogP contribution in [0.2, 0.25) is 0 Å². The normalized spacial score (nSPS) is 26.8. The van der Waals surface area contributed by atoms with E-state index in [2.05, 4.69) is 25.8 Å². The highest BCUT2D eigenvalue weighted by molar-refractivity contribution is 5.05. The highest BCUT2D eigenvalue weighted by atomic mass is 16.5. The van der Waals surface area contributed by atoms with Gasteiger partial charge in [-0.05, 0) is 20.8 Å². The monoisotopic (exact) mass is 141 g/mol. The first-order valence-corrected chi connectivity index (χ1v) is 3.66. The van der Waals surface area contributed by atoms with Crippen molar-refractivity contribution in [2.45, 2.75) is 26.8 Å². The van der Waals surface area contributed by atoms with Gasteiger partial charge in [-0.15, -0.1) is 0 Å². The van der Waals surface area contributed by atoms with Crippen molar-refractivity contribution in [3.63, 3.8) is 0 Å². The molecule has 0 aromatic heterocycles. The Hall–Kier alpha value is -0.660. The first kappa shape index (κ1) is 7.45. The smallest absolute Gasteiger partial charge is 0.112 e. The molecule has 0 radical (unpaired) electrons. The Morgan fingerprint density at radius 1 is 1.50 bits per heavy atom. The molecule has 0 spiro atoms. The maximum absolute atomic E-state index is 5.41. The van der Waals surface area contributed by atoms with E-state index in [1.54, 1.807) is 0 Å². The molecule has 2 heteroatoms. The molecule has 0 unspecified atom stereocenters. The Kier molecular flexibility index (Phi) is 1.88. The standard InChI is InChI=1S/C8H15NO/c1-6-5-10-8(3)7(2)9(6)4/h6H,5H2,1-4H3/t6-/m0/s1. The Morgan fingerprint density at radius 3 is 2.60 bits per heavy atom. The number of nitrogens with zero attached hydrogens (tertiary/aromatic N) is 1. The van der Waals surface area contributed by atoms with Gasteiger partial charge in [0.15, 0.2) is 0 Å². The molecule has 0 N–H and O–H groups in total. The van der Waals surface area contributed by atoms with Gasteiger partial charge in [-0.3, -0.25) is 0 Å². The van der Waals surface area contributed by atoms with E-state index in [1.165, 1.54) is 5.70 Å². The number of ether oxygens (including phenoxy) is 1. The van der Waals surface area contributed by atoms with E-state index in [4.69, 9.17) is 4.74 Å². The van der Waals surface area contributed by atoms with Crippen molar-refractivity contribution in [2.75, 3.05) is 13.7 Å². The third-order valence-corrected chi connectivity index (χ3v) is 2.24. The van der Waals surface area contributed by atoms with E-state index in [9.17, 15) is 0 Å². The van der Waals surface area contributed by atoms with Crippen LogP contribution in [0.3, 0.4) is 0 Å². The molecule has 0 saturated carbocycles. The highest BCUT2D eigenvalue weighted by Crippen LogP contribution is 2.17. The minimum absolute atomic E-state index is 0.517. The zero-order chi connectivity index (χ0) is 7.72. The molecule has 1 rings (SSSR count). The average Bonchev–Trinajstić information content (AvgIpc) is 1.93. The van der Waals surface area contributed by atoms with Crippen LogP contribution in [0.4, 0.5) is 0 Å². The van der Waals surface area contributed by atoms with Crippen molar-refractivity contribution in [3.8, 4) is 0 Å². The molecule has 0 aromatic rings. The van der Waals surface area contributed by atoms with E-state index in [-0.39, 0.29) is 0 Å². The summed E-state index contributed by atoms with van der Waals surface area (Å²) < 4.78 is 5.41. The second kappa shape index (κ2) is 2.52. The zero-order valence-corrected chi connectivity index (χ0v) is 7.14. The molecular weight excluding hydrogens is 126 g/mol. The third-order valence-electron chi connectivity index (χ3n) is 2.24. The second-order valence-electron chi connectivity index (χ2n) is 2.91. The lowest BCUT2D eigenvalue weighted by Crippen LogP contribution is -2.35. The summed E-state index contributed by atoms with van der Waals surface area (Å²) in [4.78, 5) is 2.25. The molecule has 1 atom stereocenters. The van der Waals surface area contributed by atoms with E-state index < -0.39 is 0 Å². The Balaban J connectivity index is 2.77. The fraction of sp³-hybridized carbons (Fsp3) is 0.750. The van der Waals surface area contributed by atoms with Gasteiger partial charge < -0.3 is 9.64 Å². The fourth-order valence-electron chi connectivity index (χ4n) is 1.04. The van der Waals surface area contributed by atoms with E-state index in [1.807, 2.05) is 6.92 Å². The second-order valence-corrected chi connectivity index (χ2v) is 2.91. The molecule has 1 heterocycles. The Bertz CT molecular complexity index is 163. The van der Waals surface area contributed by atoms with Gasteiger partial charge in [0.2, 0.25) is 0 Å². The van der Waals surface area contributed by atoms with Crippen LogP contribution in [0.25, 0.3) is 0 Å². The SMILES string of the molecule is CC1=C(C)N(C)[C@@H](C)CO1. The first-order valence-electron chi connectivity index (χ1n) is 3.66. The molecule has 2 nitrogen and oxygen atoms in total. The molecular formula is C8H15NO. The van der Waals surface area contributed by atoms with Crippen LogP contribution in [0.15, 0.2) is 11.5 Å². The van der Waals surface area contributed by atoms with Crippen molar-refractivity contribution in [2.24, 2.45) is 0 Å². The summed E-state index contributed by atoms with van der Waals surface area (Å²) in [6.45, 7) is 7.08. The van der Waals surface area contributed by atoms with Crippen LogP contribution in [-0.2, 0) is 4.74 Å². The summed E-state index contributed by atoms with van der Waals surface area (Å²) >= 11 is 0. The summed E-state index contributed by atoms with van der Waals surface area (Å²) in [6, 6.07) is 0.517. The zero-order valence-electron chi connectivity index (χ0n) is 7.14. The van der Waals surface area contributed by atoms with Crippen molar-refractivity contribution in [1.29, 1.82) is 0 Å². The third kappa shape index (κ3) is 1.11. The van der Waals surface area contributed by atoms with Crippen LogP contribution in [0, 0.1) is 0 Å². The summed E-state index contributed by atoms with van der Waals surface area (Å²) in [5.41, 5.74) is 1.25. The maximum atomic E-state index is 5.41. The van der Waals surface area contributed by atoms with Gasteiger partial charge in [-0.25, -0.2) is 0 Å². The molecule has 0 aliphatic carbocycles. The summed E-state index contributed by atoms with van der Waals surface area (Å²) in [6.07, 6.45) is 0. The van der Waals surface area contributed by atoms with Crippen molar-refractivity contribution in [1.82, 2.24) is 4.90 Å². The highest BCUT2D eigenvalue weighted by Gasteiger charge is 2.17. The van der Waals surface area contributed by atoms with Gasteiger partial charge in [0.05, 0.1) is 6.04 Å². The van der Waals surface area contributed by atoms with Crippen LogP contribution in [-0.4, -0.2) is 24.6 Å². The van der Waals surface area contributed by atoms with E-state index in [0.717, 1.165) is 12.4 Å². The molecule has 0 fully saturated rings. The number of likely N-dealkylation sites (N-methyl/N-ethyl adjacent to an activating group) is 1. The van der Waals surface area contributed by atoms with Crippen LogP contribution < -0.4 is 0 Å². The van der Waals surface area contributed by atoms with Crippen LogP contribution in [0.1, 0.15) is 20.8 Å². The Morgan fingerprint density at radius 2 is 2.10 bits per heavy atom. The summed E-state index contributed by atoms with van der Waals surface area (Å²) in [7, 11) is 2.10. The molecule has 0 aromatic carbocycles. The molecule has 0 saturated heterocycles. The Labute approximate surface area is 62.5 Å². The summed E-state index contributed by atoms with van der Waals surface area (Å²) in [5.74, 6) is 1.06. The van der Waals surface area contributed by atoms with Gasteiger partial charge in [0.25, 0.3) is 0 Å². The molecule has 1 aliphatic rings. The summed E-state index contributed by atoms with van der Waals surface area (Å²) in [5, 5.41) is 0. The predicted octanol–water partition coefficient (Wildman–Crippen LogP) is 1.59. The number of rotatable bonds is 0. The number of hydrogen-bond donors (Lipinski definition) is 0. The molecule has 1 aliphatic heterocycles. The lowest BCUT2D eigenvalue weighted by molar-refractivity contribution is 0.100. The van der Waals surface area contributed by atoms with Crippen molar-refractivity contribution < 1.29 is 4.74 Å². The maximum Gasteiger partial charge on any atom is 0.112 e. The quantitative estimate of drug-likeness (QED) is 0.508. The minimum atomic E-state index is 0.517. The molecule has 58 valence electrons. The molecule has 0 bridgehead atoms. The lowest BCUT2D eigenvalue weighted by Gasteiger charge is -2.33. The van der Waals surface area contributed by atoms with Gasteiger partial charge in [-0.1, -0.05) is 0 Å². The number of allylic oxidation sites excluding steroid dienone is 2. The average molecular weight is 141 g/mol.